The van der Waals surface area contributed by atoms with Gasteiger partial charge in [-0.3, -0.25) is 15.4 Å². The molecule has 1 heterocycles. The van der Waals surface area contributed by atoms with E-state index in [9.17, 15) is 24.4 Å². The molecule has 0 spiro atoms. The lowest BCUT2D eigenvalue weighted by molar-refractivity contribution is -0.384. The number of aliphatic hydroxyl groups is 1. The van der Waals surface area contributed by atoms with E-state index < -0.39 is 22.8 Å². The zero-order valence-corrected chi connectivity index (χ0v) is 20.9. The molecule has 1 aromatic heterocycles. The van der Waals surface area contributed by atoms with Gasteiger partial charge in [0.25, 0.3) is 0 Å². The lowest BCUT2D eigenvalue weighted by Crippen LogP contribution is -2.41. The molecule has 3 aromatic rings. The molecule has 10 nitrogen and oxygen atoms in total. The zero-order chi connectivity index (χ0) is 27.1. The van der Waals surface area contributed by atoms with Gasteiger partial charge in [-0.2, -0.15) is 0 Å². The molecule has 0 bridgehead atoms. The van der Waals surface area contributed by atoms with Crippen LogP contribution in [0.2, 0.25) is 0 Å². The largest absolute Gasteiger partial charge is 0.489 e. The van der Waals surface area contributed by atoms with Gasteiger partial charge < -0.3 is 20.5 Å². The van der Waals surface area contributed by atoms with Gasteiger partial charge in [-0.25, -0.2) is 14.2 Å². The standard InChI is InChI=1S/C27H30FN5O5/c1-17(22-15-19(28)7-13-24(22)38-16-18-5-3-2-4-6-18)29-25-14-12-23(33(36)37)26(31-25)32-27(35)30-20-8-10-21(34)11-9-20/h2-7,12-15,17,20-21,34H,8-11,16H2,1H3,(H3,29,30,31,32,35). The second kappa shape index (κ2) is 12.3. The highest BCUT2D eigenvalue weighted by Gasteiger charge is 2.24. The number of carbonyl (C=O) groups is 1. The molecule has 0 radical (unpaired) electrons. The van der Waals surface area contributed by atoms with Gasteiger partial charge in [0.05, 0.1) is 17.1 Å². The van der Waals surface area contributed by atoms with Crippen LogP contribution >= 0.6 is 0 Å². The molecule has 1 aliphatic carbocycles. The summed E-state index contributed by atoms with van der Waals surface area (Å²) >= 11 is 0. The predicted octanol–water partition coefficient (Wildman–Crippen LogP) is 5.31. The summed E-state index contributed by atoms with van der Waals surface area (Å²) < 4.78 is 20.1. The van der Waals surface area contributed by atoms with Crippen LogP contribution in [0.25, 0.3) is 0 Å². The van der Waals surface area contributed by atoms with Gasteiger partial charge in [-0.05, 0) is 62.4 Å². The Balaban J connectivity index is 1.47. The van der Waals surface area contributed by atoms with Crippen molar-refractivity contribution in [1.29, 1.82) is 0 Å². The van der Waals surface area contributed by atoms with E-state index in [1.54, 1.807) is 13.0 Å². The Bertz CT molecular complexity index is 1270. The second-order valence-electron chi connectivity index (χ2n) is 9.25. The number of ether oxygens (including phenoxy) is 1. The van der Waals surface area contributed by atoms with Gasteiger partial charge in [-0.1, -0.05) is 30.3 Å². The van der Waals surface area contributed by atoms with Crippen molar-refractivity contribution in [2.24, 2.45) is 0 Å². The summed E-state index contributed by atoms with van der Waals surface area (Å²) in [6.07, 6.45) is 2.03. The summed E-state index contributed by atoms with van der Waals surface area (Å²) in [5, 5.41) is 29.5. The number of nitrogens with zero attached hydrogens (tertiary/aromatic N) is 2. The number of aliphatic hydroxyl groups excluding tert-OH is 1. The van der Waals surface area contributed by atoms with Crippen LogP contribution in [0.15, 0.2) is 60.7 Å². The molecule has 1 unspecified atom stereocenters. The van der Waals surface area contributed by atoms with E-state index in [2.05, 4.69) is 20.9 Å². The minimum atomic E-state index is -0.630. The van der Waals surface area contributed by atoms with Crippen molar-refractivity contribution in [3.63, 3.8) is 0 Å². The average Bonchev–Trinajstić information content (AvgIpc) is 2.89. The first-order valence-electron chi connectivity index (χ1n) is 12.4. The first kappa shape index (κ1) is 26.8. The summed E-state index contributed by atoms with van der Waals surface area (Å²) in [5.74, 6) is 0.0666. The van der Waals surface area contributed by atoms with E-state index in [0.29, 0.717) is 43.6 Å². The minimum Gasteiger partial charge on any atom is -0.489 e. The molecule has 200 valence electrons. The van der Waals surface area contributed by atoms with Crippen LogP contribution in [0.1, 0.15) is 49.8 Å². The summed E-state index contributed by atoms with van der Waals surface area (Å²) in [7, 11) is 0. The molecular formula is C27H30FN5O5. The van der Waals surface area contributed by atoms with E-state index in [-0.39, 0.29) is 29.5 Å². The topological polar surface area (TPSA) is 139 Å². The van der Waals surface area contributed by atoms with Gasteiger partial charge in [0.2, 0.25) is 5.82 Å². The van der Waals surface area contributed by atoms with Crippen molar-refractivity contribution in [3.05, 3.63) is 87.7 Å². The van der Waals surface area contributed by atoms with Crippen LogP contribution in [-0.4, -0.2) is 33.2 Å². The SMILES string of the molecule is CC(Nc1ccc([N+](=O)[O-])c(NC(=O)NC2CCC(O)CC2)n1)c1cc(F)ccc1OCc1ccccc1. The van der Waals surface area contributed by atoms with E-state index in [1.807, 2.05) is 30.3 Å². The third-order valence-electron chi connectivity index (χ3n) is 6.37. The van der Waals surface area contributed by atoms with Crippen molar-refractivity contribution in [1.82, 2.24) is 10.3 Å². The fourth-order valence-electron chi connectivity index (χ4n) is 4.34. The predicted molar refractivity (Wildman–Crippen MR) is 141 cm³/mol. The number of carbonyl (C=O) groups excluding carboxylic acids is 1. The number of rotatable bonds is 9. The van der Waals surface area contributed by atoms with E-state index in [1.165, 1.54) is 24.3 Å². The van der Waals surface area contributed by atoms with Gasteiger partial charge in [-0.15, -0.1) is 0 Å². The van der Waals surface area contributed by atoms with E-state index in [4.69, 9.17) is 4.74 Å². The molecule has 2 amide bonds. The minimum absolute atomic E-state index is 0.138. The maximum Gasteiger partial charge on any atom is 0.320 e. The molecule has 0 aliphatic heterocycles. The van der Waals surface area contributed by atoms with Crippen LogP contribution < -0.4 is 20.7 Å². The maximum atomic E-state index is 14.1. The monoisotopic (exact) mass is 523 g/mol. The summed E-state index contributed by atoms with van der Waals surface area (Å²) in [6, 6.07) is 15.2. The molecule has 1 aliphatic rings. The number of aromatic nitrogens is 1. The average molecular weight is 524 g/mol. The first-order valence-corrected chi connectivity index (χ1v) is 12.4. The smallest absolute Gasteiger partial charge is 0.320 e. The van der Waals surface area contributed by atoms with Gasteiger partial charge >= 0.3 is 11.7 Å². The van der Waals surface area contributed by atoms with E-state index in [0.717, 1.165) is 5.56 Å². The lowest BCUT2D eigenvalue weighted by Gasteiger charge is -2.26. The Labute approximate surface area is 219 Å². The molecule has 1 saturated carbocycles. The molecule has 4 rings (SSSR count). The Kier molecular flexibility index (Phi) is 8.70. The Morgan fingerprint density at radius 3 is 2.61 bits per heavy atom. The normalized spacial score (nSPS) is 17.8. The molecule has 2 aromatic carbocycles. The van der Waals surface area contributed by atoms with Crippen LogP contribution in [0.4, 0.5) is 26.5 Å². The number of benzene rings is 2. The number of nitrogens with one attached hydrogen (secondary N) is 3. The van der Waals surface area contributed by atoms with Crippen LogP contribution in [0.5, 0.6) is 5.75 Å². The number of hydrogen-bond acceptors (Lipinski definition) is 7. The van der Waals surface area contributed by atoms with Crippen molar-refractivity contribution >= 4 is 23.4 Å². The number of halogens is 1. The van der Waals surface area contributed by atoms with Crippen molar-refractivity contribution in [2.45, 2.75) is 57.4 Å². The number of hydrogen-bond donors (Lipinski definition) is 4. The Morgan fingerprint density at radius 2 is 1.89 bits per heavy atom. The van der Waals surface area contributed by atoms with Crippen LogP contribution in [0, 0.1) is 15.9 Å². The lowest BCUT2D eigenvalue weighted by atomic mass is 9.93. The third kappa shape index (κ3) is 7.16. The molecule has 4 N–H and O–H groups in total. The van der Waals surface area contributed by atoms with E-state index >= 15 is 0 Å². The van der Waals surface area contributed by atoms with Crippen molar-refractivity contribution in [2.75, 3.05) is 10.6 Å². The quantitative estimate of drug-likeness (QED) is 0.220. The second-order valence-corrected chi connectivity index (χ2v) is 9.25. The maximum absolute atomic E-state index is 14.1. The first-order chi connectivity index (χ1) is 18.3. The molecule has 0 saturated heterocycles. The Hall–Kier alpha value is -4.25. The van der Waals surface area contributed by atoms with Crippen molar-refractivity contribution < 1.29 is 24.0 Å². The highest BCUT2D eigenvalue weighted by atomic mass is 19.1. The fraction of sp³-hybridized carbons (Fsp3) is 0.333. The number of urea groups is 1. The number of nitro groups is 1. The van der Waals surface area contributed by atoms with Crippen LogP contribution in [-0.2, 0) is 6.61 Å². The van der Waals surface area contributed by atoms with Gasteiger partial charge in [0, 0.05) is 17.7 Å². The zero-order valence-electron chi connectivity index (χ0n) is 20.9. The summed E-state index contributed by atoms with van der Waals surface area (Å²) in [4.78, 5) is 27.7. The molecule has 11 heteroatoms. The number of pyridine rings is 1. The molecule has 38 heavy (non-hydrogen) atoms. The summed E-state index contributed by atoms with van der Waals surface area (Å²) in [5.41, 5.74) is 1.13. The number of anilines is 2. The fourth-order valence-corrected chi connectivity index (χ4v) is 4.34. The molecular weight excluding hydrogens is 493 g/mol. The molecule has 1 atom stereocenters. The summed E-state index contributed by atoms with van der Waals surface area (Å²) in [6.45, 7) is 2.08. The highest BCUT2D eigenvalue weighted by molar-refractivity contribution is 5.91. The third-order valence-corrected chi connectivity index (χ3v) is 6.37. The highest BCUT2D eigenvalue weighted by Crippen LogP contribution is 2.31. The number of amides is 2. The Morgan fingerprint density at radius 1 is 1.16 bits per heavy atom. The van der Waals surface area contributed by atoms with Gasteiger partial charge in [0.15, 0.2) is 0 Å². The van der Waals surface area contributed by atoms with Crippen molar-refractivity contribution in [3.8, 4) is 5.75 Å². The van der Waals surface area contributed by atoms with Crippen LogP contribution in [0.3, 0.4) is 0 Å². The molecule has 1 fully saturated rings. The van der Waals surface area contributed by atoms with Gasteiger partial charge in [0.1, 0.15) is 24.0 Å².